The standard InChI is InChI=1S/C12H16N2/c13-11-7-3-1-5-9(11)10-6-2-4-8-12(10)14/h1,3,5,7,9-10,13-14H,2,4,6,8H2. The third-order valence-electron chi connectivity index (χ3n) is 3.16. The third kappa shape index (κ3) is 1.69. The van der Waals surface area contributed by atoms with E-state index in [4.69, 9.17) is 10.8 Å². The molecule has 0 aromatic carbocycles. The van der Waals surface area contributed by atoms with Crippen LogP contribution in [0.3, 0.4) is 0 Å². The topological polar surface area (TPSA) is 47.7 Å². The molecule has 0 aromatic heterocycles. The van der Waals surface area contributed by atoms with Crippen LogP contribution in [0.4, 0.5) is 0 Å². The van der Waals surface area contributed by atoms with Crippen molar-refractivity contribution in [1.82, 2.24) is 0 Å². The predicted molar refractivity (Wildman–Crippen MR) is 59.2 cm³/mol. The third-order valence-corrected chi connectivity index (χ3v) is 3.16. The highest BCUT2D eigenvalue weighted by molar-refractivity contribution is 6.00. The van der Waals surface area contributed by atoms with Gasteiger partial charge in [0, 0.05) is 23.3 Å². The van der Waals surface area contributed by atoms with E-state index in [1.807, 2.05) is 18.2 Å². The summed E-state index contributed by atoms with van der Waals surface area (Å²) in [6, 6.07) is 0. The minimum atomic E-state index is 0.174. The van der Waals surface area contributed by atoms with Crippen LogP contribution >= 0.6 is 0 Å². The lowest BCUT2D eigenvalue weighted by molar-refractivity contribution is 0.485. The molecule has 2 N–H and O–H groups in total. The second-order valence-electron chi connectivity index (χ2n) is 4.10. The predicted octanol–water partition coefficient (Wildman–Crippen LogP) is 2.96. The van der Waals surface area contributed by atoms with Crippen LogP contribution in [0.2, 0.25) is 0 Å². The maximum atomic E-state index is 7.92. The zero-order valence-electron chi connectivity index (χ0n) is 8.29. The van der Waals surface area contributed by atoms with E-state index in [1.54, 1.807) is 0 Å². The molecule has 0 aromatic rings. The molecule has 2 aliphatic rings. The van der Waals surface area contributed by atoms with Crippen LogP contribution in [-0.2, 0) is 0 Å². The molecule has 74 valence electrons. The molecule has 0 radical (unpaired) electrons. The van der Waals surface area contributed by atoms with Gasteiger partial charge in [-0.2, -0.15) is 0 Å². The van der Waals surface area contributed by atoms with Crippen molar-refractivity contribution in [2.24, 2.45) is 11.8 Å². The normalized spacial score (nSPS) is 32.3. The molecule has 2 atom stereocenters. The molecule has 2 rings (SSSR count). The highest BCUT2D eigenvalue weighted by Crippen LogP contribution is 2.30. The minimum Gasteiger partial charge on any atom is -0.309 e. The van der Waals surface area contributed by atoms with Gasteiger partial charge in [-0.05, 0) is 25.3 Å². The first-order valence-electron chi connectivity index (χ1n) is 5.29. The quantitative estimate of drug-likeness (QED) is 0.635. The Morgan fingerprint density at radius 1 is 1.14 bits per heavy atom. The Morgan fingerprint density at radius 2 is 2.00 bits per heavy atom. The first kappa shape index (κ1) is 9.38. The summed E-state index contributed by atoms with van der Waals surface area (Å²) >= 11 is 0. The van der Waals surface area contributed by atoms with Crippen LogP contribution in [0.25, 0.3) is 0 Å². The molecule has 0 aliphatic heterocycles. The summed E-state index contributed by atoms with van der Waals surface area (Å²) in [7, 11) is 0. The second-order valence-corrected chi connectivity index (χ2v) is 4.10. The van der Waals surface area contributed by atoms with E-state index in [0.29, 0.717) is 11.6 Å². The molecule has 2 nitrogen and oxygen atoms in total. The van der Waals surface area contributed by atoms with Gasteiger partial charge in [0.25, 0.3) is 0 Å². The van der Waals surface area contributed by atoms with E-state index >= 15 is 0 Å². The first-order chi connectivity index (χ1) is 6.79. The summed E-state index contributed by atoms with van der Waals surface area (Å²) in [4.78, 5) is 0. The van der Waals surface area contributed by atoms with E-state index in [2.05, 4.69) is 6.08 Å². The molecule has 14 heavy (non-hydrogen) atoms. The van der Waals surface area contributed by atoms with Crippen LogP contribution in [-0.4, -0.2) is 11.4 Å². The van der Waals surface area contributed by atoms with Crippen molar-refractivity contribution in [3.05, 3.63) is 24.3 Å². The number of hydrogen-bond acceptors (Lipinski definition) is 2. The molecule has 0 heterocycles. The highest BCUT2D eigenvalue weighted by Gasteiger charge is 2.28. The van der Waals surface area contributed by atoms with Crippen molar-refractivity contribution in [2.75, 3.05) is 0 Å². The van der Waals surface area contributed by atoms with Crippen LogP contribution in [0, 0.1) is 22.7 Å². The summed E-state index contributed by atoms with van der Waals surface area (Å²) in [5, 5.41) is 15.8. The first-order valence-corrected chi connectivity index (χ1v) is 5.29. The second kappa shape index (κ2) is 3.91. The number of rotatable bonds is 1. The van der Waals surface area contributed by atoms with Crippen molar-refractivity contribution < 1.29 is 0 Å². The summed E-state index contributed by atoms with van der Waals surface area (Å²) in [5.41, 5.74) is 1.52. The van der Waals surface area contributed by atoms with Crippen LogP contribution in [0.5, 0.6) is 0 Å². The molecule has 0 amide bonds. The molecule has 2 aliphatic carbocycles. The lowest BCUT2D eigenvalue weighted by Gasteiger charge is -2.29. The lowest BCUT2D eigenvalue weighted by Crippen LogP contribution is -2.30. The molecule has 0 bridgehead atoms. The fraction of sp³-hybridized carbons (Fsp3) is 0.500. The Morgan fingerprint density at radius 3 is 2.71 bits per heavy atom. The van der Waals surface area contributed by atoms with Gasteiger partial charge < -0.3 is 10.8 Å². The van der Waals surface area contributed by atoms with Gasteiger partial charge in [-0.25, -0.2) is 0 Å². The van der Waals surface area contributed by atoms with E-state index in [0.717, 1.165) is 25.0 Å². The van der Waals surface area contributed by atoms with Crippen molar-refractivity contribution >= 4 is 11.4 Å². The maximum Gasteiger partial charge on any atom is 0.0389 e. The van der Waals surface area contributed by atoms with Crippen LogP contribution in [0.15, 0.2) is 24.3 Å². The van der Waals surface area contributed by atoms with E-state index in [1.165, 1.54) is 6.42 Å². The van der Waals surface area contributed by atoms with Crippen molar-refractivity contribution in [2.45, 2.75) is 25.7 Å². The van der Waals surface area contributed by atoms with Gasteiger partial charge in [0.05, 0.1) is 0 Å². The Kier molecular flexibility index (Phi) is 2.62. The highest BCUT2D eigenvalue weighted by atomic mass is 14.5. The van der Waals surface area contributed by atoms with Gasteiger partial charge in [-0.3, -0.25) is 0 Å². The van der Waals surface area contributed by atoms with Gasteiger partial charge in [0.15, 0.2) is 0 Å². The molecule has 2 unspecified atom stereocenters. The van der Waals surface area contributed by atoms with Gasteiger partial charge in [-0.15, -0.1) is 0 Å². The monoisotopic (exact) mass is 188 g/mol. The molecule has 0 spiro atoms. The number of hydrogen-bond donors (Lipinski definition) is 2. The average Bonchev–Trinajstić information content (AvgIpc) is 2.20. The van der Waals surface area contributed by atoms with Gasteiger partial charge in [0.1, 0.15) is 0 Å². The van der Waals surface area contributed by atoms with Crippen molar-refractivity contribution in [3.8, 4) is 0 Å². The van der Waals surface area contributed by atoms with Crippen molar-refractivity contribution in [1.29, 1.82) is 10.8 Å². The Labute approximate surface area is 84.7 Å². The molecule has 0 saturated heterocycles. The average molecular weight is 188 g/mol. The summed E-state index contributed by atoms with van der Waals surface area (Å²) in [5.74, 6) is 0.477. The van der Waals surface area contributed by atoms with E-state index < -0.39 is 0 Å². The molecular weight excluding hydrogens is 172 g/mol. The summed E-state index contributed by atoms with van der Waals surface area (Å²) < 4.78 is 0. The SMILES string of the molecule is N=C1C=CC=CC1C1CCCCC1=N. The van der Waals surface area contributed by atoms with E-state index in [9.17, 15) is 0 Å². The Balaban J connectivity index is 2.13. The maximum absolute atomic E-state index is 7.92. The smallest absolute Gasteiger partial charge is 0.0389 e. The van der Waals surface area contributed by atoms with Crippen LogP contribution in [0.1, 0.15) is 25.7 Å². The van der Waals surface area contributed by atoms with E-state index in [-0.39, 0.29) is 5.92 Å². The molecule has 2 heteroatoms. The fourth-order valence-corrected chi connectivity index (χ4v) is 2.34. The molecule has 1 saturated carbocycles. The van der Waals surface area contributed by atoms with Gasteiger partial charge in [-0.1, -0.05) is 24.6 Å². The van der Waals surface area contributed by atoms with Gasteiger partial charge in [0.2, 0.25) is 0 Å². The van der Waals surface area contributed by atoms with Crippen molar-refractivity contribution in [3.63, 3.8) is 0 Å². The number of allylic oxidation sites excluding steroid dienone is 4. The summed E-state index contributed by atoms with van der Waals surface area (Å²) in [6.07, 6.45) is 12.2. The number of nitrogens with one attached hydrogen (secondary N) is 2. The zero-order valence-corrected chi connectivity index (χ0v) is 8.29. The Bertz CT molecular complexity index is 312. The minimum absolute atomic E-state index is 0.174. The van der Waals surface area contributed by atoms with Gasteiger partial charge >= 0.3 is 0 Å². The molecular formula is C12H16N2. The lowest BCUT2D eigenvalue weighted by atomic mass is 9.75. The zero-order chi connectivity index (χ0) is 9.97. The van der Waals surface area contributed by atoms with Crippen LogP contribution < -0.4 is 0 Å². The summed E-state index contributed by atoms with van der Waals surface area (Å²) in [6.45, 7) is 0. The largest absolute Gasteiger partial charge is 0.309 e. The Hall–Kier alpha value is -1.18. The molecule has 1 fully saturated rings. The fourth-order valence-electron chi connectivity index (χ4n) is 2.34.